The van der Waals surface area contributed by atoms with Gasteiger partial charge in [-0.3, -0.25) is 0 Å². The van der Waals surface area contributed by atoms with E-state index in [0.717, 1.165) is 25.2 Å². The van der Waals surface area contributed by atoms with Crippen LogP contribution in [-0.4, -0.2) is 25.1 Å². The Morgan fingerprint density at radius 2 is 2.11 bits per heavy atom. The molecule has 1 aliphatic heterocycles. The number of aryl methyl sites for hydroxylation is 1. The first-order valence-electron chi connectivity index (χ1n) is 7.07. The fraction of sp³-hybridized carbons (Fsp3) is 0.562. The first-order chi connectivity index (χ1) is 9.24. The van der Waals surface area contributed by atoms with Gasteiger partial charge in [0.05, 0.1) is 6.10 Å². The summed E-state index contributed by atoms with van der Waals surface area (Å²) >= 11 is 0. The molecule has 1 saturated heterocycles. The Bertz CT molecular complexity index is 391. The Morgan fingerprint density at radius 1 is 1.32 bits per heavy atom. The van der Waals surface area contributed by atoms with Gasteiger partial charge in [0.15, 0.2) is 0 Å². The molecule has 0 saturated carbocycles. The largest absolute Gasteiger partial charge is 0.491 e. The highest BCUT2D eigenvalue weighted by atomic mass is 16.5. The van der Waals surface area contributed by atoms with Crippen molar-refractivity contribution in [1.29, 1.82) is 0 Å². The zero-order valence-electron chi connectivity index (χ0n) is 11.6. The number of rotatable bonds is 6. The minimum atomic E-state index is 0.231. The summed E-state index contributed by atoms with van der Waals surface area (Å²) < 4.78 is 11.4. The number of ether oxygens (including phenoxy) is 2. The summed E-state index contributed by atoms with van der Waals surface area (Å²) in [4.78, 5) is 10.9. The van der Waals surface area contributed by atoms with Gasteiger partial charge in [-0.1, -0.05) is 12.1 Å². The number of ketones is 1. The Labute approximate surface area is 114 Å². The van der Waals surface area contributed by atoms with Crippen LogP contribution in [0.5, 0.6) is 5.75 Å². The van der Waals surface area contributed by atoms with E-state index >= 15 is 0 Å². The molecule has 3 nitrogen and oxygen atoms in total. The SMILES string of the molecule is CC(=O)CCc1ccc(OCC2CCCCO2)cc1. The maximum absolute atomic E-state index is 10.9. The molecule has 19 heavy (non-hydrogen) atoms. The Balaban J connectivity index is 1.76. The molecule has 1 heterocycles. The molecule has 3 heteroatoms. The molecular weight excluding hydrogens is 240 g/mol. The molecule has 0 bridgehead atoms. The Kier molecular flexibility index (Phi) is 5.40. The molecule has 1 fully saturated rings. The van der Waals surface area contributed by atoms with Gasteiger partial charge >= 0.3 is 0 Å². The van der Waals surface area contributed by atoms with Crippen molar-refractivity contribution in [2.75, 3.05) is 13.2 Å². The molecule has 0 spiro atoms. The van der Waals surface area contributed by atoms with Crippen molar-refractivity contribution in [2.45, 2.75) is 45.1 Å². The van der Waals surface area contributed by atoms with Gasteiger partial charge in [0.25, 0.3) is 0 Å². The van der Waals surface area contributed by atoms with Crippen LogP contribution in [0.15, 0.2) is 24.3 Å². The predicted octanol–water partition coefficient (Wildman–Crippen LogP) is 3.16. The van der Waals surface area contributed by atoms with Crippen molar-refractivity contribution < 1.29 is 14.3 Å². The molecular formula is C16H22O3. The van der Waals surface area contributed by atoms with E-state index in [9.17, 15) is 4.79 Å². The second-order valence-corrected chi connectivity index (χ2v) is 5.15. The Hall–Kier alpha value is -1.35. The quantitative estimate of drug-likeness (QED) is 0.790. The normalized spacial score (nSPS) is 19.1. The van der Waals surface area contributed by atoms with Crippen molar-refractivity contribution in [3.63, 3.8) is 0 Å². The standard InChI is InChI=1S/C16H22O3/c1-13(17)5-6-14-7-9-15(10-8-14)19-12-16-4-2-3-11-18-16/h7-10,16H,2-6,11-12H2,1H3. The third-order valence-corrected chi connectivity index (χ3v) is 3.40. The van der Waals surface area contributed by atoms with Gasteiger partial charge in [0, 0.05) is 13.0 Å². The highest BCUT2D eigenvalue weighted by molar-refractivity contribution is 5.75. The second kappa shape index (κ2) is 7.29. The van der Waals surface area contributed by atoms with E-state index in [1.807, 2.05) is 24.3 Å². The fourth-order valence-electron chi connectivity index (χ4n) is 2.20. The van der Waals surface area contributed by atoms with Crippen LogP contribution in [0.25, 0.3) is 0 Å². The average Bonchev–Trinajstić information content (AvgIpc) is 2.45. The van der Waals surface area contributed by atoms with Crippen molar-refractivity contribution in [3.05, 3.63) is 29.8 Å². The van der Waals surface area contributed by atoms with Crippen molar-refractivity contribution in [1.82, 2.24) is 0 Å². The van der Waals surface area contributed by atoms with E-state index in [4.69, 9.17) is 9.47 Å². The first-order valence-corrected chi connectivity index (χ1v) is 7.07. The van der Waals surface area contributed by atoms with Gasteiger partial charge in [-0.15, -0.1) is 0 Å². The minimum absolute atomic E-state index is 0.231. The molecule has 1 aliphatic rings. The lowest BCUT2D eigenvalue weighted by atomic mass is 10.1. The van der Waals surface area contributed by atoms with Crippen LogP contribution in [0.4, 0.5) is 0 Å². The van der Waals surface area contributed by atoms with Crippen molar-refractivity contribution in [2.24, 2.45) is 0 Å². The maximum Gasteiger partial charge on any atom is 0.130 e. The first kappa shape index (κ1) is 14.1. The monoisotopic (exact) mass is 262 g/mol. The van der Waals surface area contributed by atoms with E-state index in [0.29, 0.717) is 13.0 Å². The summed E-state index contributed by atoms with van der Waals surface area (Å²) in [6.07, 6.45) is 5.15. The fourth-order valence-corrected chi connectivity index (χ4v) is 2.20. The summed E-state index contributed by atoms with van der Waals surface area (Å²) in [5.41, 5.74) is 1.18. The van der Waals surface area contributed by atoms with Crippen LogP contribution >= 0.6 is 0 Å². The van der Waals surface area contributed by atoms with Crippen LogP contribution < -0.4 is 4.74 Å². The highest BCUT2D eigenvalue weighted by Gasteiger charge is 2.14. The van der Waals surface area contributed by atoms with Gasteiger partial charge in [-0.25, -0.2) is 0 Å². The minimum Gasteiger partial charge on any atom is -0.491 e. The lowest BCUT2D eigenvalue weighted by Gasteiger charge is -2.22. The highest BCUT2D eigenvalue weighted by Crippen LogP contribution is 2.17. The summed E-state index contributed by atoms with van der Waals surface area (Å²) in [7, 11) is 0. The van der Waals surface area contributed by atoms with Crippen LogP contribution in [0.3, 0.4) is 0 Å². The molecule has 1 unspecified atom stereocenters. The molecule has 2 rings (SSSR count). The molecule has 1 aromatic rings. The van der Waals surface area contributed by atoms with E-state index in [-0.39, 0.29) is 11.9 Å². The molecule has 0 amide bonds. The lowest BCUT2D eigenvalue weighted by Crippen LogP contribution is -2.25. The number of carbonyl (C=O) groups is 1. The summed E-state index contributed by atoms with van der Waals surface area (Å²) in [5.74, 6) is 1.11. The van der Waals surface area contributed by atoms with Gasteiger partial charge < -0.3 is 14.3 Å². The summed E-state index contributed by atoms with van der Waals surface area (Å²) in [5, 5.41) is 0. The summed E-state index contributed by atoms with van der Waals surface area (Å²) in [6.45, 7) is 3.12. The maximum atomic E-state index is 10.9. The number of Topliss-reactive ketones (excluding diaryl/α,β-unsaturated/α-hetero) is 1. The van der Waals surface area contributed by atoms with Crippen LogP contribution in [0, 0.1) is 0 Å². The Morgan fingerprint density at radius 3 is 2.74 bits per heavy atom. The summed E-state index contributed by atoms with van der Waals surface area (Å²) in [6, 6.07) is 8.00. The zero-order valence-corrected chi connectivity index (χ0v) is 11.6. The molecule has 0 N–H and O–H groups in total. The topological polar surface area (TPSA) is 35.5 Å². The smallest absolute Gasteiger partial charge is 0.130 e. The van der Waals surface area contributed by atoms with Gasteiger partial charge in [-0.2, -0.15) is 0 Å². The second-order valence-electron chi connectivity index (χ2n) is 5.15. The molecule has 1 aromatic carbocycles. The molecule has 0 radical (unpaired) electrons. The molecule has 104 valence electrons. The van der Waals surface area contributed by atoms with Crippen LogP contribution in [0.2, 0.25) is 0 Å². The van der Waals surface area contributed by atoms with Gasteiger partial charge in [0.2, 0.25) is 0 Å². The number of hydrogen-bond donors (Lipinski definition) is 0. The number of hydrogen-bond acceptors (Lipinski definition) is 3. The predicted molar refractivity (Wildman–Crippen MR) is 74.5 cm³/mol. The van der Waals surface area contributed by atoms with Crippen LogP contribution in [-0.2, 0) is 16.0 Å². The van der Waals surface area contributed by atoms with Gasteiger partial charge in [-0.05, 0) is 50.3 Å². The van der Waals surface area contributed by atoms with Gasteiger partial charge in [0.1, 0.15) is 18.1 Å². The lowest BCUT2D eigenvalue weighted by molar-refractivity contribution is -0.116. The van der Waals surface area contributed by atoms with E-state index in [1.165, 1.54) is 18.4 Å². The van der Waals surface area contributed by atoms with Crippen molar-refractivity contribution in [3.8, 4) is 5.75 Å². The third-order valence-electron chi connectivity index (χ3n) is 3.40. The third kappa shape index (κ3) is 5.03. The van der Waals surface area contributed by atoms with E-state index < -0.39 is 0 Å². The van der Waals surface area contributed by atoms with E-state index in [1.54, 1.807) is 6.92 Å². The van der Waals surface area contributed by atoms with E-state index in [2.05, 4.69) is 0 Å². The van der Waals surface area contributed by atoms with Crippen molar-refractivity contribution >= 4 is 5.78 Å². The molecule has 1 atom stereocenters. The number of benzene rings is 1. The molecule has 0 aliphatic carbocycles. The zero-order chi connectivity index (χ0) is 13.5. The number of carbonyl (C=O) groups excluding carboxylic acids is 1. The van der Waals surface area contributed by atoms with Crippen LogP contribution in [0.1, 0.15) is 38.2 Å². The average molecular weight is 262 g/mol. The molecule has 0 aromatic heterocycles.